The summed E-state index contributed by atoms with van der Waals surface area (Å²) in [6, 6.07) is 5.81. The molecule has 1 aliphatic rings. The van der Waals surface area contributed by atoms with E-state index in [9.17, 15) is 14.0 Å². The number of methoxy groups -OCH3 is 1. The van der Waals surface area contributed by atoms with Gasteiger partial charge in [0.1, 0.15) is 5.82 Å². The van der Waals surface area contributed by atoms with Crippen LogP contribution < -0.4 is 5.32 Å². The molecule has 24 heavy (non-hydrogen) atoms. The van der Waals surface area contributed by atoms with E-state index in [0.717, 1.165) is 0 Å². The van der Waals surface area contributed by atoms with Gasteiger partial charge in [-0.1, -0.05) is 12.1 Å². The smallest absolute Gasteiger partial charge is 0.336 e. The molecule has 1 heterocycles. The monoisotopic (exact) mass is 333 g/mol. The fourth-order valence-corrected chi connectivity index (χ4v) is 2.87. The lowest BCUT2D eigenvalue weighted by Crippen LogP contribution is -2.32. The van der Waals surface area contributed by atoms with E-state index in [1.54, 1.807) is 26.8 Å². The summed E-state index contributed by atoms with van der Waals surface area (Å²) in [5.41, 5.74) is 2.14. The molecule has 0 spiro atoms. The molecule has 1 N–H and O–H groups in total. The summed E-state index contributed by atoms with van der Waals surface area (Å²) in [5, 5.41) is 3.01. The third kappa shape index (κ3) is 3.32. The molecule has 5 nitrogen and oxygen atoms in total. The first-order valence-corrected chi connectivity index (χ1v) is 7.60. The van der Waals surface area contributed by atoms with Gasteiger partial charge in [0.15, 0.2) is 0 Å². The van der Waals surface area contributed by atoms with E-state index in [2.05, 4.69) is 5.32 Å². The van der Waals surface area contributed by atoms with Gasteiger partial charge in [-0.05, 0) is 38.5 Å². The van der Waals surface area contributed by atoms with Crippen LogP contribution in [-0.4, -0.2) is 25.7 Å². The van der Waals surface area contributed by atoms with Gasteiger partial charge in [0, 0.05) is 11.4 Å². The van der Waals surface area contributed by atoms with Crippen molar-refractivity contribution in [2.24, 2.45) is 0 Å². The van der Waals surface area contributed by atoms with Crippen LogP contribution in [0, 0.1) is 5.82 Å². The summed E-state index contributed by atoms with van der Waals surface area (Å²) in [4.78, 5) is 24.7. The minimum absolute atomic E-state index is 0.196. The highest BCUT2D eigenvalue weighted by molar-refractivity contribution is 5.99. The molecule has 0 saturated carbocycles. The van der Waals surface area contributed by atoms with Crippen molar-refractivity contribution < 1.29 is 23.5 Å². The van der Waals surface area contributed by atoms with Crippen molar-refractivity contribution in [3.05, 3.63) is 58.2 Å². The first kappa shape index (κ1) is 17.7. The SMILES string of the molecule is CCOC(=O)C1=C(C)NC(C)=C(C(=O)OC)C1c1cccc(F)c1. The predicted molar refractivity (Wildman–Crippen MR) is 86.3 cm³/mol. The van der Waals surface area contributed by atoms with Gasteiger partial charge in [0.25, 0.3) is 0 Å². The largest absolute Gasteiger partial charge is 0.466 e. The van der Waals surface area contributed by atoms with Crippen molar-refractivity contribution >= 4 is 11.9 Å². The number of hydrogen-bond donors (Lipinski definition) is 1. The number of dihydropyridines is 1. The third-order valence-electron chi connectivity index (χ3n) is 3.84. The molecule has 1 aromatic rings. The van der Waals surface area contributed by atoms with Crippen LogP contribution in [0.5, 0.6) is 0 Å². The molecule has 6 heteroatoms. The topological polar surface area (TPSA) is 64.6 Å². The number of halogens is 1. The van der Waals surface area contributed by atoms with Gasteiger partial charge in [-0.15, -0.1) is 0 Å². The Morgan fingerprint density at radius 3 is 2.33 bits per heavy atom. The van der Waals surface area contributed by atoms with E-state index < -0.39 is 23.7 Å². The summed E-state index contributed by atoms with van der Waals surface area (Å²) in [6.45, 7) is 5.32. The van der Waals surface area contributed by atoms with E-state index in [0.29, 0.717) is 17.0 Å². The number of ether oxygens (including phenoxy) is 2. The minimum Gasteiger partial charge on any atom is -0.466 e. The lowest BCUT2D eigenvalue weighted by atomic mass is 9.80. The molecular weight excluding hydrogens is 313 g/mol. The number of hydrogen-bond acceptors (Lipinski definition) is 5. The van der Waals surface area contributed by atoms with Gasteiger partial charge in [-0.2, -0.15) is 0 Å². The molecule has 0 aliphatic carbocycles. The van der Waals surface area contributed by atoms with Crippen LogP contribution in [0.4, 0.5) is 4.39 Å². The highest BCUT2D eigenvalue weighted by Gasteiger charge is 2.37. The van der Waals surface area contributed by atoms with Crippen molar-refractivity contribution in [3.8, 4) is 0 Å². The van der Waals surface area contributed by atoms with Gasteiger partial charge in [-0.25, -0.2) is 14.0 Å². The maximum Gasteiger partial charge on any atom is 0.336 e. The van der Waals surface area contributed by atoms with Crippen molar-refractivity contribution in [2.45, 2.75) is 26.7 Å². The minimum atomic E-state index is -0.756. The molecule has 0 saturated heterocycles. The van der Waals surface area contributed by atoms with Crippen molar-refractivity contribution in [2.75, 3.05) is 13.7 Å². The molecule has 1 unspecified atom stereocenters. The lowest BCUT2D eigenvalue weighted by molar-refractivity contribution is -0.139. The highest BCUT2D eigenvalue weighted by atomic mass is 19.1. The fraction of sp³-hybridized carbons (Fsp3) is 0.333. The number of benzene rings is 1. The Labute approximate surface area is 140 Å². The molecule has 0 bridgehead atoms. The molecule has 128 valence electrons. The van der Waals surface area contributed by atoms with Crippen LogP contribution in [0.1, 0.15) is 32.3 Å². The summed E-state index contributed by atoms with van der Waals surface area (Å²) in [5.74, 6) is -2.34. The normalized spacial score (nSPS) is 17.5. The van der Waals surface area contributed by atoms with Crippen LogP contribution in [0.25, 0.3) is 0 Å². The summed E-state index contributed by atoms with van der Waals surface area (Å²) >= 11 is 0. The predicted octanol–water partition coefficient (Wildman–Crippen LogP) is 2.80. The Bertz CT molecular complexity index is 736. The zero-order chi connectivity index (χ0) is 17.9. The molecule has 0 amide bonds. The molecule has 1 aromatic carbocycles. The Morgan fingerprint density at radius 2 is 1.79 bits per heavy atom. The van der Waals surface area contributed by atoms with Crippen LogP contribution >= 0.6 is 0 Å². The molecule has 1 aliphatic heterocycles. The lowest BCUT2D eigenvalue weighted by Gasteiger charge is -2.30. The zero-order valence-electron chi connectivity index (χ0n) is 14.1. The number of esters is 2. The molecule has 0 fully saturated rings. The van der Waals surface area contributed by atoms with Crippen molar-refractivity contribution in [1.29, 1.82) is 0 Å². The average molecular weight is 333 g/mol. The van der Waals surface area contributed by atoms with Crippen LogP contribution in [-0.2, 0) is 19.1 Å². The highest BCUT2D eigenvalue weighted by Crippen LogP contribution is 2.39. The van der Waals surface area contributed by atoms with Gasteiger partial charge in [0.05, 0.1) is 30.8 Å². The van der Waals surface area contributed by atoms with Crippen molar-refractivity contribution in [1.82, 2.24) is 5.32 Å². The quantitative estimate of drug-likeness (QED) is 0.859. The second-order valence-electron chi connectivity index (χ2n) is 5.40. The van der Waals surface area contributed by atoms with Crippen molar-refractivity contribution in [3.63, 3.8) is 0 Å². The van der Waals surface area contributed by atoms with Crippen LogP contribution in [0.3, 0.4) is 0 Å². The first-order chi connectivity index (χ1) is 11.4. The van der Waals surface area contributed by atoms with Gasteiger partial charge >= 0.3 is 11.9 Å². The maximum absolute atomic E-state index is 13.7. The maximum atomic E-state index is 13.7. The second kappa shape index (κ2) is 7.29. The van der Waals surface area contributed by atoms with E-state index in [1.165, 1.54) is 25.3 Å². The summed E-state index contributed by atoms with van der Waals surface area (Å²) in [6.07, 6.45) is 0. The van der Waals surface area contributed by atoms with E-state index in [-0.39, 0.29) is 17.8 Å². The van der Waals surface area contributed by atoms with E-state index in [1.807, 2.05) is 0 Å². The molecule has 2 rings (SSSR count). The number of nitrogens with one attached hydrogen (secondary N) is 1. The summed E-state index contributed by atoms with van der Waals surface area (Å²) in [7, 11) is 1.26. The number of carbonyl (C=O) groups is 2. The Kier molecular flexibility index (Phi) is 5.39. The standard InChI is InChI=1S/C18H20FNO4/c1-5-24-18(22)15-11(3)20-10(2)14(17(21)23-4)16(15)12-7-6-8-13(19)9-12/h6-9,16,20H,5H2,1-4H3. The van der Waals surface area contributed by atoms with E-state index in [4.69, 9.17) is 9.47 Å². The first-order valence-electron chi connectivity index (χ1n) is 7.60. The van der Waals surface area contributed by atoms with Gasteiger partial charge in [-0.3, -0.25) is 0 Å². The Balaban J connectivity index is 2.66. The Hall–Kier alpha value is -2.63. The van der Waals surface area contributed by atoms with Crippen LogP contribution in [0.15, 0.2) is 46.8 Å². The molecular formula is C18H20FNO4. The summed E-state index contributed by atoms with van der Waals surface area (Å²) < 4.78 is 23.7. The third-order valence-corrected chi connectivity index (χ3v) is 3.84. The van der Waals surface area contributed by atoms with Gasteiger partial charge < -0.3 is 14.8 Å². The average Bonchev–Trinajstić information content (AvgIpc) is 2.53. The number of carbonyl (C=O) groups excluding carboxylic acids is 2. The Morgan fingerprint density at radius 1 is 1.17 bits per heavy atom. The number of allylic oxidation sites excluding steroid dienone is 2. The molecule has 0 radical (unpaired) electrons. The van der Waals surface area contributed by atoms with Gasteiger partial charge in [0.2, 0.25) is 0 Å². The molecule has 0 aromatic heterocycles. The van der Waals surface area contributed by atoms with E-state index >= 15 is 0 Å². The number of rotatable bonds is 4. The second-order valence-corrected chi connectivity index (χ2v) is 5.40. The van der Waals surface area contributed by atoms with Crippen LogP contribution in [0.2, 0.25) is 0 Å². The zero-order valence-corrected chi connectivity index (χ0v) is 14.1. The fourth-order valence-electron chi connectivity index (χ4n) is 2.87. The molecule has 1 atom stereocenters.